The third-order valence-corrected chi connectivity index (χ3v) is 13.1. The average Bonchev–Trinajstić information content (AvgIpc) is 2.70. The number of anilines is 1. The number of aromatic nitrogens is 2. The molecular weight excluding hydrogens is 282 g/mol. The second kappa shape index (κ2) is 4.60. The van der Waals surface area contributed by atoms with E-state index in [1.165, 1.54) is 24.1 Å². The van der Waals surface area contributed by atoms with Gasteiger partial charge in [-0.25, -0.2) is 4.98 Å². The van der Waals surface area contributed by atoms with Crippen molar-refractivity contribution in [2.45, 2.75) is 57.9 Å². The molecule has 1 aliphatic heterocycles. The Hall–Kier alpha value is -0.339. The summed E-state index contributed by atoms with van der Waals surface area (Å²) in [5.74, 6) is 1.41. The zero-order chi connectivity index (χ0) is 14.5. The Balaban J connectivity index is 2.42. The van der Waals surface area contributed by atoms with Gasteiger partial charge in [-0.1, -0.05) is 51.9 Å². The highest BCUT2D eigenvalue weighted by Gasteiger charge is 2.42. The van der Waals surface area contributed by atoms with Crippen LogP contribution in [-0.2, 0) is 0 Å². The molecule has 108 valence electrons. The molecule has 19 heavy (non-hydrogen) atoms. The number of nitrogens with zero attached hydrogens (tertiary/aromatic N) is 3. The Morgan fingerprint density at radius 3 is 2.32 bits per heavy atom. The van der Waals surface area contributed by atoms with Crippen LogP contribution in [-0.4, -0.2) is 39.9 Å². The summed E-state index contributed by atoms with van der Waals surface area (Å²) in [6.07, 6.45) is 5.50. The summed E-state index contributed by atoms with van der Waals surface area (Å²) in [5, 5.41) is 0. The largest absolute Gasteiger partial charge is 0.386 e. The maximum absolute atomic E-state index is 4.47. The third kappa shape index (κ3) is 3.05. The van der Waals surface area contributed by atoms with E-state index in [9.17, 15) is 0 Å². The lowest BCUT2D eigenvalue weighted by Gasteiger charge is -2.49. The van der Waals surface area contributed by atoms with Crippen LogP contribution in [0.2, 0.25) is 57.9 Å². The minimum absolute atomic E-state index is 1.05. The van der Waals surface area contributed by atoms with Crippen molar-refractivity contribution in [3.63, 3.8) is 0 Å². The summed E-state index contributed by atoms with van der Waals surface area (Å²) in [6.45, 7) is 17.3. The summed E-state index contributed by atoms with van der Waals surface area (Å²) < 4.78 is 5.28. The van der Waals surface area contributed by atoms with E-state index in [0.717, 1.165) is 0 Å². The topological polar surface area (TPSA) is 21.1 Å². The molecule has 3 nitrogen and oxygen atoms in total. The molecule has 0 aromatic carbocycles. The highest BCUT2D eigenvalue weighted by Crippen LogP contribution is 2.35. The van der Waals surface area contributed by atoms with Crippen molar-refractivity contribution in [3.8, 4) is 0 Å². The van der Waals surface area contributed by atoms with E-state index in [1.54, 1.807) is 0 Å². The van der Waals surface area contributed by atoms with Crippen LogP contribution in [0.3, 0.4) is 0 Å². The first-order valence-electron chi connectivity index (χ1n) is 7.33. The van der Waals surface area contributed by atoms with Gasteiger partial charge in [0.05, 0.1) is 20.6 Å². The molecule has 0 bridgehead atoms. The average molecular weight is 312 g/mol. The van der Waals surface area contributed by atoms with E-state index in [2.05, 4.69) is 72.1 Å². The number of rotatable bonds is 2. The van der Waals surface area contributed by atoms with Crippen LogP contribution in [0, 0.1) is 0 Å². The molecule has 0 amide bonds. The van der Waals surface area contributed by atoms with E-state index in [0.29, 0.717) is 0 Å². The van der Waals surface area contributed by atoms with E-state index in [1.807, 2.05) is 0 Å². The summed E-state index contributed by atoms with van der Waals surface area (Å²) >= 11 is 0. The van der Waals surface area contributed by atoms with Gasteiger partial charge in [0.2, 0.25) is 0 Å². The van der Waals surface area contributed by atoms with E-state index >= 15 is 0 Å². The van der Waals surface area contributed by atoms with E-state index in [4.69, 9.17) is 0 Å². The van der Waals surface area contributed by atoms with E-state index < -0.39 is 24.5 Å². The Morgan fingerprint density at radius 2 is 1.74 bits per heavy atom. The lowest BCUT2D eigenvalue weighted by atomic mass is 10.7. The maximum atomic E-state index is 4.47. The van der Waals surface area contributed by atoms with Crippen molar-refractivity contribution >= 4 is 30.4 Å². The molecule has 1 fully saturated rings. The highest BCUT2D eigenvalue weighted by atomic mass is 28.3. The Morgan fingerprint density at radius 1 is 1.11 bits per heavy atom. The SMILES string of the molecule is C[Si]1(C)CC[Si](C)(C)N(c2cncn2[Si](C)(C)C)C1. The van der Waals surface area contributed by atoms with Gasteiger partial charge in [0.25, 0.3) is 0 Å². The molecule has 0 radical (unpaired) electrons. The van der Waals surface area contributed by atoms with Crippen LogP contribution in [0.1, 0.15) is 0 Å². The second-order valence-corrected chi connectivity index (χ2v) is 23.0. The standard InChI is InChI=1S/C13H29N3Si3/c1-17(2,3)15-11-14-10-13(15)16-12-18(4,5)8-9-19(16,6)7/h10-11H,8-9,12H2,1-7H3. The van der Waals surface area contributed by atoms with Crippen LogP contribution in [0.25, 0.3) is 0 Å². The zero-order valence-corrected chi connectivity index (χ0v) is 16.6. The van der Waals surface area contributed by atoms with Gasteiger partial charge < -0.3 is 8.80 Å². The first kappa shape index (κ1) is 15.1. The lowest BCUT2D eigenvalue weighted by Crippen LogP contribution is -2.61. The molecule has 0 spiro atoms. The molecule has 0 unspecified atom stereocenters. The Labute approximate surface area is 121 Å². The molecule has 1 aromatic rings. The van der Waals surface area contributed by atoms with Gasteiger partial charge in [0, 0.05) is 6.17 Å². The summed E-state index contributed by atoms with van der Waals surface area (Å²) in [7, 11) is -3.71. The van der Waals surface area contributed by atoms with Gasteiger partial charge in [-0.05, 0) is 6.04 Å². The van der Waals surface area contributed by atoms with Crippen molar-refractivity contribution in [2.24, 2.45) is 0 Å². The molecule has 0 atom stereocenters. The fourth-order valence-electron chi connectivity index (χ4n) is 2.90. The smallest absolute Gasteiger partial charge is 0.156 e. The zero-order valence-electron chi connectivity index (χ0n) is 13.6. The van der Waals surface area contributed by atoms with Gasteiger partial charge in [0.1, 0.15) is 5.82 Å². The third-order valence-electron chi connectivity index (χ3n) is 4.35. The van der Waals surface area contributed by atoms with Crippen LogP contribution >= 0.6 is 0 Å². The van der Waals surface area contributed by atoms with Crippen molar-refractivity contribution in [1.82, 2.24) is 9.22 Å². The molecule has 0 N–H and O–H groups in total. The molecule has 0 saturated carbocycles. The molecule has 2 rings (SSSR count). The van der Waals surface area contributed by atoms with Crippen LogP contribution < -0.4 is 4.57 Å². The van der Waals surface area contributed by atoms with Gasteiger partial charge in [-0.2, -0.15) is 0 Å². The van der Waals surface area contributed by atoms with Crippen LogP contribution in [0.5, 0.6) is 0 Å². The Bertz CT molecular complexity index is 460. The minimum Gasteiger partial charge on any atom is -0.386 e. The predicted molar refractivity (Wildman–Crippen MR) is 92.9 cm³/mol. The molecule has 0 aliphatic carbocycles. The summed E-state index contributed by atoms with van der Waals surface area (Å²) in [4.78, 5) is 4.47. The summed E-state index contributed by atoms with van der Waals surface area (Å²) in [5.41, 5.74) is 0. The van der Waals surface area contributed by atoms with Gasteiger partial charge in [-0.3, -0.25) is 0 Å². The van der Waals surface area contributed by atoms with Crippen LogP contribution in [0.4, 0.5) is 5.82 Å². The van der Waals surface area contributed by atoms with Crippen molar-refractivity contribution in [2.75, 3.05) is 10.7 Å². The normalized spacial score (nSPS) is 22.6. The first-order valence-corrected chi connectivity index (χ1v) is 17.4. The monoisotopic (exact) mass is 311 g/mol. The molecule has 2 heterocycles. The first-order chi connectivity index (χ1) is 8.53. The number of hydrogen-bond acceptors (Lipinski definition) is 2. The maximum Gasteiger partial charge on any atom is 0.156 e. The quantitative estimate of drug-likeness (QED) is 0.774. The van der Waals surface area contributed by atoms with Crippen LogP contribution in [0.15, 0.2) is 12.5 Å². The summed E-state index contributed by atoms with van der Waals surface area (Å²) in [6, 6.07) is 2.95. The fourth-order valence-corrected chi connectivity index (χ4v) is 14.7. The number of hydrogen-bond donors (Lipinski definition) is 0. The van der Waals surface area contributed by atoms with Gasteiger partial charge >= 0.3 is 0 Å². The molecule has 1 aliphatic rings. The minimum atomic E-state index is -1.37. The molecule has 6 heteroatoms. The predicted octanol–water partition coefficient (Wildman–Crippen LogP) is 3.84. The highest BCUT2D eigenvalue weighted by molar-refractivity contribution is 6.90. The molecular formula is C13H29N3Si3. The lowest BCUT2D eigenvalue weighted by molar-refractivity contribution is 0.991. The number of imidazole rings is 1. The van der Waals surface area contributed by atoms with E-state index in [-0.39, 0.29) is 0 Å². The van der Waals surface area contributed by atoms with Crippen molar-refractivity contribution < 1.29 is 0 Å². The van der Waals surface area contributed by atoms with Gasteiger partial charge in [0.15, 0.2) is 16.5 Å². The van der Waals surface area contributed by atoms with Gasteiger partial charge in [-0.15, -0.1) is 0 Å². The second-order valence-electron chi connectivity index (χ2n) is 8.36. The van der Waals surface area contributed by atoms with Crippen molar-refractivity contribution in [3.05, 3.63) is 12.5 Å². The Kier molecular flexibility index (Phi) is 3.64. The molecule has 1 aromatic heterocycles. The van der Waals surface area contributed by atoms with Crippen molar-refractivity contribution in [1.29, 1.82) is 0 Å². The molecule has 1 saturated heterocycles. The fraction of sp³-hybridized carbons (Fsp3) is 0.769.